The summed E-state index contributed by atoms with van der Waals surface area (Å²) >= 11 is 1.76. The highest BCUT2D eigenvalue weighted by molar-refractivity contribution is 7.09. The Morgan fingerprint density at radius 3 is 2.63 bits per heavy atom. The minimum atomic E-state index is -5.08. The molecule has 4 rings (SSSR count). The summed E-state index contributed by atoms with van der Waals surface area (Å²) in [6.07, 6.45) is 0.903. The molecule has 0 bridgehead atoms. The zero-order chi connectivity index (χ0) is 21.7. The zero-order valence-corrected chi connectivity index (χ0v) is 17.4. The maximum atomic E-state index is 12.6. The van der Waals surface area contributed by atoms with Crippen LogP contribution in [0.2, 0.25) is 0 Å². The van der Waals surface area contributed by atoms with E-state index in [-0.39, 0.29) is 17.9 Å². The van der Waals surface area contributed by atoms with Gasteiger partial charge in [-0.2, -0.15) is 13.2 Å². The lowest BCUT2D eigenvalue weighted by molar-refractivity contribution is -0.192. The van der Waals surface area contributed by atoms with Gasteiger partial charge in [-0.05, 0) is 49.5 Å². The maximum absolute atomic E-state index is 12.6. The molecule has 30 heavy (non-hydrogen) atoms. The van der Waals surface area contributed by atoms with Crippen molar-refractivity contribution in [1.82, 2.24) is 10.2 Å². The molecule has 1 aromatic rings. The monoisotopic (exact) mass is 448 g/mol. The molecule has 10 heteroatoms. The van der Waals surface area contributed by atoms with E-state index in [0.29, 0.717) is 6.04 Å². The van der Waals surface area contributed by atoms with Crippen molar-refractivity contribution in [3.8, 4) is 0 Å². The average molecular weight is 449 g/mol. The Bertz CT molecular complexity index is 709. The number of hydrogen-bond acceptors (Lipinski definition) is 5. The summed E-state index contributed by atoms with van der Waals surface area (Å²) in [7, 11) is 0. The highest BCUT2D eigenvalue weighted by atomic mass is 32.1. The highest BCUT2D eigenvalue weighted by Crippen LogP contribution is 2.36. The number of carbonyl (C=O) groups is 2. The number of amides is 1. The number of nitrogens with one attached hydrogen (secondary N) is 1. The van der Waals surface area contributed by atoms with E-state index in [1.807, 2.05) is 0 Å². The standard InChI is InChI=1S/C18H26N2O2S.C2HF3O2/c21-18(19-7-5-15-2-1-9-23-15)14-10-17-16(6-8-22-17)20(12-14)11-13-3-4-13;3-2(4,5)1(6)7/h1-2,9,13-14,16-17H,3-8,10-12H2,(H,19,21);(H,6,7)/t14-,16+,17+;/m0./s1. The van der Waals surface area contributed by atoms with Gasteiger partial charge in [-0.3, -0.25) is 9.69 Å². The van der Waals surface area contributed by atoms with Gasteiger partial charge in [-0.1, -0.05) is 6.07 Å². The van der Waals surface area contributed by atoms with E-state index in [2.05, 4.69) is 27.7 Å². The first-order valence-corrected chi connectivity index (χ1v) is 11.1. The summed E-state index contributed by atoms with van der Waals surface area (Å²) in [5.41, 5.74) is 0. The van der Waals surface area contributed by atoms with Crippen LogP contribution in [0.25, 0.3) is 0 Å². The van der Waals surface area contributed by atoms with E-state index in [1.54, 1.807) is 11.3 Å². The molecule has 6 nitrogen and oxygen atoms in total. The lowest BCUT2D eigenvalue weighted by Crippen LogP contribution is -2.53. The number of rotatable bonds is 6. The fourth-order valence-corrected chi connectivity index (χ4v) is 4.70. The number of carboxylic acids is 1. The van der Waals surface area contributed by atoms with Crippen LogP contribution in [0.3, 0.4) is 0 Å². The topological polar surface area (TPSA) is 78.9 Å². The van der Waals surface area contributed by atoms with Gasteiger partial charge in [0.25, 0.3) is 0 Å². The molecule has 3 atom stereocenters. The van der Waals surface area contributed by atoms with Crippen molar-refractivity contribution < 1.29 is 32.6 Å². The molecule has 2 N–H and O–H groups in total. The van der Waals surface area contributed by atoms with Crippen LogP contribution in [0.15, 0.2) is 17.5 Å². The molecule has 3 heterocycles. The third kappa shape index (κ3) is 6.68. The lowest BCUT2D eigenvalue weighted by atomic mass is 9.89. The maximum Gasteiger partial charge on any atom is 0.490 e. The summed E-state index contributed by atoms with van der Waals surface area (Å²) in [5, 5.41) is 12.4. The molecular weight excluding hydrogens is 421 g/mol. The van der Waals surface area contributed by atoms with E-state index >= 15 is 0 Å². The Labute approximate surface area is 177 Å². The van der Waals surface area contributed by atoms with Gasteiger partial charge in [0.1, 0.15) is 0 Å². The Hall–Kier alpha value is -1.65. The van der Waals surface area contributed by atoms with Gasteiger partial charge in [0.2, 0.25) is 5.91 Å². The molecule has 2 saturated heterocycles. The zero-order valence-electron chi connectivity index (χ0n) is 16.6. The van der Waals surface area contributed by atoms with Crippen LogP contribution >= 0.6 is 11.3 Å². The second-order valence-corrected chi connectivity index (χ2v) is 9.05. The molecule has 168 valence electrons. The van der Waals surface area contributed by atoms with Gasteiger partial charge in [0, 0.05) is 37.2 Å². The number of likely N-dealkylation sites (tertiary alicyclic amines) is 1. The molecule has 0 aromatic carbocycles. The Morgan fingerprint density at radius 2 is 2.03 bits per heavy atom. The molecule has 1 saturated carbocycles. The third-order valence-corrected chi connectivity index (χ3v) is 6.61. The van der Waals surface area contributed by atoms with Crippen molar-refractivity contribution in [3.05, 3.63) is 22.4 Å². The van der Waals surface area contributed by atoms with Crippen molar-refractivity contribution in [2.75, 3.05) is 26.2 Å². The number of hydrogen-bond donors (Lipinski definition) is 2. The number of halogens is 3. The number of carboxylic acid groups (broad SMARTS) is 1. The molecule has 2 aliphatic heterocycles. The average Bonchev–Trinajstić information content (AvgIpc) is 3.15. The van der Waals surface area contributed by atoms with Gasteiger partial charge in [0.05, 0.1) is 12.0 Å². The molecule has 1 aromatic heterocycles. The molecule has 0 radical (unpaired) electrons. The quantitative estimate of drug-likeness (QED) is 0.700. The third-order valence-electron chi connectivity index (χ3n) is 5.67. The number of piperidine rings is 1. The first-order valence-electron chi connectivity index (χ1n) is 10.2. The van der Waals surface area contributed by atoms with Gasteiger partial charge < -0.3 is 15.2 Å². The molecular formula is C20H27F3N2O4S. The lowest BCUT2D eigenvalue weighted by Gasteiger charge is -2.40. The number of fused-ring (bicyclic) bond motifs is 1. The van der Waals surface area contributed by atoms with Gasteiger partial charge in [-0.15, -0.1) is 11.3 Å². The van der Waals surface area contributed by atoms with Crippen LogP contribution in [0.5, 0.6) is 0 Å². The van der Waals surface area contributed by atoms with Crippen LogP contribution < -0.4 is 5.32 Å². The van der Waals surface area contributed by atoms with Crippen LogP contribution in [-0.4, -0.2) is 66.4 Å². The Morgan fingerprint density at radius 1 is 1.30 bits per heavy atom. The fraction of sp³-hybridized carbons (Fsp3) is 0.700. The summed E-state index contributed by atoms with van der Waals surface area (Å²) in [5.74, 6) is -1.57. The second kappa shape index (κ2) is 10.1. The number of thiophene rings is 1. The van der Waals surface area contributed by atoms with Crippen molar-refractivity contribution in [1.29, 1.82) is 0 Å². The second-order valence-electron chi connectivity index (χ2n) is 8.02. The number of alkyl halides is 3. The normalized spacial score (nSPS) is 26.4. The van der Waals surface area contributed by atoms with Crippen molar-refractivity contribution in [3.63, 3.8) is 0 Å². The van der Waals surface area contributed by atoms with Crippen molar-refractivity contribution >= 4 is 23.2 Å². The predicted molar refractivity (Wildman–Crippen MR) is 105 cm³/mol. The molecule has 0 unspecified atom stereocenters. The van der Waals surface area contributed by atoms with Gasteiger partial charge in [0.15, 0.2) is 0 Å². The predicted octanol–water partition coefficient (Wildman–Crippen LogP) is 2.93. The van der Waals surface area contributed by atoms with E-state index in [1.165, 1.54) is 24.3 Å². The fourth-order valence-electron chi connectivity index (χ4n) is 3.99. The van der Waals surface area contributed by atoms with E-state index in [0.717, 1.165) is 44.9 Å². The van der Waals surface area contributed by atoms with Gasteiger partial charge >= 0.3 is 12.1 Å². The minimum absolute atomic E-state index is 0.0939. The molecule has 3 fully saturated rings. The first-order chi connectivity index (χ1) is 14.2. The van der Waals surface area contributed by atoms with Crippen LogP contribution in [0.1, 0.15) is 30.6 Å². The van der Waals surface area contributed by atoms with Crippen LogP contribution in [-0.2, 0) is 20.7 Å². The molecule has 3 aliphatic rings. The summed E-state index contributed by atoms with van der Waals surface area (Å²) in [4.78, 5) is 25.4. The summed E-state index contributed by atoms with van der Waals surface area (Å²) in [6, 6.07) is 4.76. The first kappa shape index (κ1) is 23.0. The largest absolute Gasteiger partial charge is 0.490 e. The number of ether oxygens (including phenoxy) is 1. The highest BCUT2D eigenvalue weighted by Gasteiger charge is 2.43. The smallest absolute Gasteiger partial charge is 0.475 e. The van der Waals surface area contributed by atoms with E-state index < -0.39 is 12.1 Å². The van der Waals surface area contributed by atoms with E-state index in [4.69, 9.17) is 14.6 Å². The summed E-state index contributed by atoms with van der Waals surface area (Å²) < 4.78 is 37.6. The van der Waals surface area contributed by atoms with Crippen LogP contribution in [0, 0.1) is 11.8 Å². The molecule has 0 spiro atoms. The number of nitrogens with zero attached hydrogens (tertiary/aromatic N) is 1. The van der Waals surface area contributed by atoms with E-state index in [9.17, 15) is 18.0 Å². The van der Waals surface area contributed by atoms with Gasteiger partial charge in [-0.25, -0.2) is 4.79 Å². The Balaban J connectivity index is 0.000000318. The summed E-state index contributed by atoms with van der Waals surface area (Å²) in [6.45, 7) is 3.70. The molecule has 1 amide bonds. The Kier molecular flexibility index (Phi) is 7.75. The van der Waals surface area contributed by atoms with Crippen molar-refractivity contribution in [2.45, 2.75) is 50.4 Å². The SMILES string of the molecule is O=C(NCCc1cccs1)[C@H]1C[C@H]2OCC[C@H]2N(CC2CC2)C1.O=C(O)C(F)(F)F. The number of aliphatic carboxylic acids is 1. The minimum Gasteiger partial charge on any atom is -0.475 e. The molecule has 1 aliphatic carbocycles. The number of carbonyl (C=O) groups excluding carboxylic acids is 1. The van der Waals surface area contributed by atoms with Crippen LogP contribution in [0.4, 0.5) is 13.2 Å². The van der Waals surface area contributed by atoms with Crippen molar-refractivity contribution in [2.24, 2.45) is 11.8 Å².